The van der Waals surface area contributed by atoms with Gasteiger partial charge >= 0.3 is 0 Å². The highest BCUT2D eigenvalue weighted by Crippen LogP contribution is 2.24. The number of aliphatic hydroxyl groups excluding tert-OH is 1. The number of rotatable bonds is 6. The Kier molecular flexibility index (Phi) is 4.90. The second kappa shape index (κ2) is 7.07. The molecule has 2 atom stereocenters. The largest absolute Gasteiger partial charge is 0.390 e. The van der Waals surface area contributed by atoms with Crippen LogP contribution in [-0.2, 0) is 19.4 Å². The van der Waals surface area contributed by atoms with Crippen LogP contribution in [-0.4, -0.2) is 27.5 Å². The molecule has 1 heterocycles. The molecule has 1 aliphatic rings. The van der Waals surface area contributed by atoms with E-state index >= 15 is 0 Å². The van der Waals surface area contributed by atoms with Crippen LogP contribution in [0.3, 0.4) is 0 Å². The molecular formula is C18H25N3O. The van der Waals surface area contributed by atoms with E-state index < -0.39 is 6.10 Å². The van der Waals surface area contributed by atoms with Gasteiger partial charge in [0.1, 0.15) is 0 Å². The molecule has 0 amide bonds. The SMILES string of the molecule is C[C@H](NC[C@H](O)Cn1cccn1)c1ccc2c(c1)CCCC2. The van der Waals surface area contributed by atoms with Crippen LogP contribution in [0.25, 0.3) is 0 Å². The molecular weight excluding hydrogens is 274 g/mol. The van der Waals surface area contributed by atoms with Gasteiger partial charge in [-0.25, -0.2) is 0 Å². The van der Waals surface area contributed by atoms with Crippen molar-refractivity contribution in [3.8, 4) is 0 Å². The summed E-state index contributed by atoms with van der Waals surface area (Å²) in [5.74, 6) is 0. The standard InChI is InChI=1S/C18H25N3O/c1-14(19-12-18(22)13-21-10-4-9-20-21)16-8-7-15-5-2-3-6-17(15)11-16/h4,7-11,14,18-19,22H,2-3,5-6,12-13H2,1H3/t14-,18-/m0/s1. The predicted octanol–water partition coefficient (Wildman–Crippen LogP) is 2.47. The Balaban J connectivity index is 1.54. The van der Waals surface area contributed by atoms with Crippen molar-refractivity contribution >= 4 is 0 Å². The van der Waals surface area contributed by atoms with Crippen molar-refractivity contribution < 1.29 is 5.11 Å². The molecule has 1 aliphatic carbocycles. The number of hydrogen-bond acceptors (Lipinski definition) is 3. The molecule has 0 bridgehead atoms. The van der Waals surface area contributed by atoms with Crippen molar-refractivity contribution in [1.29, 1.82) is 0 Å². The van der Waals surface area contributed by atoms with Crippen molar-refractivity contribution in [3.63, 3.8) is 0 Å². The lowest BCUT2D eigenvalue weighted by molar-refractivity contribution is 0.143. The molecule has 0 spiro atoms. The van der Waals surface area contributed by atoms with Gasteiger partial charge in [-0.3, -0.25) is 4.68 Å². The van der Waals surface area contributed by atoms with E-state index in [9.17, 15) is 5.11 Å². The number of aliphatic hydroxyl groups is 1. The maximum atomic E-state index is 10.1. The molecule has 0 unspecified atom stereocenters. The molecule has 0 fully saturated rings. The lowest BCUT2D eigenvalue weighted by atomic mass is 9.89. The second-order valence-electron chi connectivity index (χ2n) is 6.25. The first-order valence-electron chi connectivity index (χ1n) is 8.23. The molecule has 0 radical (unpaired) electrons. The first-order chi connectivity index (χ1) is 10.7. The summed E-state index contributed by atoms with van der Waals surface area (Å²) in [6, 6.07) is 8.96. The van der Waals surface area contributed by atoms with Gasteiger partial charge in [0.05, 0.1) is 12.6 Å². The monoisotopic (exact) mass is 299 g/mol. The summed E-state index contributed by atoms with van der Waals surface area (Å²) in [6.07, 6.45) is 8.23. The van der Waals surface area contributed by atoms with Gasteiger partial charge in [0, 0.05) is 25.0 Å². The van der Waals surface area contributed by atoms with E-state index in [1.807, 2.05) is 12.3 Å². The smallest absolute Gasteiger partial charge is 0.0860 e. The van der Waals surface area contributed by atoms with Crippen molar-refractivity contribution in [2.45, 2.75) is 51.3 Å². The fourth-order valence-electron chi connectivity index (χ4n) is 3.14. The van der Waals surface area contributed by atoms with Gasteiger partial charge in [0.2, 0.25) is 0 Å². The lowest BCUT2D eigenvalue weighted by Crippen LogP contribution is -2.32. The number of fused-ring (bicyclic) bond motifs is 1. The van der Waals surface area contributed by atoms with Crippen LogP contribution in [0.15, 0.2) is 36.7 Å². The molecule has 4 nitrogen and oxygen atoms in total. The van der Waals surface area contributed by atoms with Gasteiger partial charge in [-0.1, -0.05) is 18.2 Å². The molecule has 0 saturated heterocycles. The van der Waals surface area contributed by atoms with Gasteiger partial charge in [0.25, 0.3) is 0 Å². The minimum Gasteiger partial charge on any atom is -0.390 e. The Bertz CT molecular complexity index is 594. The molecule has 3 rings (SSSR count). The summed E-state index contributed by atoms with van der Waals surface area (Å²) in [5, 5.41) is 17.6. The third kappa shape index (κ3) is 3.76. The molecule has 2 N–H and O–H groups in total. The normalized spacial score (nSPS) is 17.0. The van der Waals surface area contributed by atoms with Gasteiger partial charge in [-0.2, -0.15) is 5.10 Å². The van der Waals surface area contributed by atoms with Crippen LogP contribution in [0.2, 0.25) is 0 Å². The molecule has 1 aromatic heterocycles. The molecule has 22 heavy (non-hydrogen) atoms. The third-order valence-electron chi connectivity index (χ3n) is 4.49. The molecule has 0 aliphatic heterocycles. The zero-order valence-corrected chi connectivity index (χ0v) is 13.2. The average Bonchev–Trinajstić information content (AvgIpc) is 3.05. The number of aromatic nitrogens is 2. The minimum absolute atomic E-state index is 0.250. The van der Waals surface area contributed by atoms with Crippen LogP contribution in [0.5, 0.6) is 0 Å². The van der Waals surface area contributed by atoms with Crippen molar-refractivity contribution in [2.75, 3.05) is 6.54 Å². The number of benzene rings is 1. The van der Waals surface area contributed by atoms with Crippen LogP contribution in [0, 0.1) is 0 Å². The summed E-state index contributed by atoms with van der Waals surface area (Å²) in [7, 11) is 0. The number of aryl methyl sites for hydroxylation is 2. The predicted molar refractivity (Wildman–Crippen MR) is 87.7 cm³/mol. The Morgan fingerprint density at radius 1 is 1.27 bits per heavy atom. The first kappa shape index (κ1) is 15.3. The van der Waals surface area contributed by atoms with Crippen LogP contribution >= 0.6 is 0 Å². The summed E-state index contributed by atoms with van der Waals surface area (Å²) < 4.78 is 1.76. The minimum atomic E-state index is -0.431. The Labute approximate surface area is 132 Å². The van der Waals surface area contributed by atoms with Crippen LogP contribution in [0.4, 0.5) is 0 Å². The third-order valence-corrected chi connectivity index (χ3v) is 4.49. The van der Waals surface area contributed by atoms with E-state index in [0.717, 1.165) is 0 Å². The van der Waals surface area contributed by atoms with E-state index in [2.05, 4.69) is 35.5 Å². The Hall–Kier alpha value is -1.65. The Morgan fingerprint density at radius 3 is 2.86 bits per heavy atom. The van der Waals surface area contributed by atoms with Crippen molar-refractivity contribution in [3.05, 3.63) is 53.3 Å². The summed E-state index contributed by atoms with van der Waals surface area (Å²) in [6.45, 7) is 3.25. The van der Waals surface area contributed by atoms with E-state index in [4.69, 9.17) is 0 Å². The highest BCUT2D eigenvalue weighted by molar-refractivity contribution is 5.35. The van der Waals surface area contributed by atoms with Crippen LogP contribution < -0.4 is 5.32 Å². The molecule has 118 valence electrons. The summed E-state index contributed by atoms with van der Waals surface area (Å²) in [5.41, 5.74) is 4.34. The molecule has 2 aromatic rings. The molecule has 0 saturated carbocycles. The lowest BCUT2D eigenvalue weighted by Gasteiger charge is -2.21. The highest BCUT2D eigenvalue weighted by atomic mass is 16.3. The summed E-state index contributed by atoms with van der Waals surface area (Å²) >= 11 is 0. The maximum Gasteiger partial charge on any atom is 0.0860 e. The topological polar surface area (TPSA) is 50.1 Å². The van der Waals surface area contributed by atoms with E-state index in [-0.39, 0.29) is 6.04 Å². The number of nitrogens with zero attached hydrogens (tertiary/aromatic N) is 2. The molecule has 1 aromatic carbocycles. The second-order valence-corrected chi connectivity index (χ2v) is 6.25. The molecule has 4 heteroatoms. The fraction of sp³-hybridized carbons (Fsp3) is 0.500. The van der Waals surface area contributed by atoms with Crippen molar-refractivity contribution in [1.82, 2.24) is 15.1 Å². The van der Waals surface area contributed by atoms with Gasteiger partial charge in [0.15, 0.2) is 0 Å². The fourth-order valence-corrected chi connectivity index (χ4v) is 3.14. The highest BCUT2D eigenvalue weighted by Gasteiger charge is 2.13. The zero-order valence-electron chi connectivity index (χ0n) is 13.2. The maximum absolute atomic E-state index is 10.1. The van der Waals surface area contributed by atoms with E-state index in [1.54, 1.807) is 10.9 Å². The number of nitrogens with one attached hydrogen (secondary N) is 1. The van der Waals surface area contributed by atoms with Gasteiger partial charge in [-0.15, -0.1) is 0 Å². The zero-order chi connectivity index (χ0) is 15.4. The number of hydrogen-bond donors (Lipinski definition) is 2. The summed E-state index contributed by atoms with van der Waals surface area (Å²) in [4.78, 5) is 0. The van der Waals surface area contributed by atoms with Gasteiger partial charge < -0.3 is 10.4 Å². The van der Waals surface area contributed by atoms with E-state index in [0.29, 0.717) is 13.1 Å². The quantitative estimate of drug-likeness (QED) is 0.861. The Morgan fingerprint density at radius 2 is 2.09 bits per heavy atom. The van der Waals surface area contributed by atoms with E-state index in [1.165, 1.54) is 42.4 Å². The van der Waals surface area contributed by atoms with Crippen LogP contribution in [0.1, 0.15) is 42.5 Å². The van der Waals surface area contributed by atoms with Crippen molar-refractivity contribution in [2.24, 2.45) is 0 Å². The van der Waals surface area contributed by atoms with Gasteiger partial charge in [-0.05, 0) is 55.4 Å². The first-order valence-corrected chi connectivity index (χ1v) is 8.23. The average molecular weight is 299 g/mol.